The van der Waals surface area contributed by atoms with Crippen molar-refractivity contribution in [2.75, 3.05) is 20.3 Å². The summed E-state index contributed by atoms with van der Waals surface area (Å²) in [7, 11) is 1.39. The molecule has 1 unspecified atom stereocenters. The first-order chi connectivity index (χ1) is 12.2. The van der Waals surface area contributed by atoms with Crippen LogP contribution >= 0.6 is 11.6 Å². The van der Waals surface area contributed by atoms with Gasteiger partial charge in [0.25, 0.3) is 0 Å². The van der Waals surface area contributed by atoms with E-state index < -0.39 is 18.6 Å². The lowest BCUT2D eigenvalue weighted by molar-refractivity contribution is -0.148. The van der Waals surface area contributed by atoms with Gasteiger partial charge >= 0.3 is 6.18 Å². The van der Waals surface area contributed by atoms with E-state index in [1.54, 1.807) is 19.9 Å². The Kier molecular flexibility index (Phi) is 6.30. The highest BCUT2D eigenvalue weighted by Crippen LogP contribution is 2.41. The Hall–Kier alpha value is -2.06. The fourth-order valence-electron chi connectivity index (χ4n) is 2.55. The van der Waals surface area contributed by atoms with E-state index in [2.05, 4.69) is 9.97 Å². The van der Waals surface area contributed by atoms with Gasteiger partial charge in [-0.25, -0.2) is 9.97 Å². The van der Waals surface area contributed by atoms with Gasteiger partial charge in [0.1, 0.15) is 22.4 Å². The summed E-state index contributed by atoms with van der Waals surface area (Å²) in [5.74, 6) is -1.40. The molecule has 2 N–H and O–H groups in total. The number of rotatable bonds is 6. The predicted octanol–water partition coefficient (Wildman–Crippen LogP) is 4.12. The third kappa shape index (κ3) is 4.02. The summed E-state index contributed by atoms with van der Waals surface area (Å²) in [5.41, 5.74) is 6.22. The van der Waals surface area contributed by atoms with Crippen molar-refractivity contribution in [3.63, 3.8) is 0 Å². The van der Waals surface area contributed by atoms with Crippen molar-refractivity contribution in [3.8, 4) is 22.9 Å². The molecule has 0 aromatic carbocycles. The normalized spacial score (nSPS) is 12.8. The Morgan fingerprint density at radius 3 is 2.58 bits per heavy atom. The first-order valence-corrected chi connectivity index (χ1v) is 8.22. The lowest BCUT2D eigenvalue weighted by Gasteiger charge is -2.21. The molecule has 0 bridgehead atoms. The molecule has 0 spiro atoms. The minimum atomic E-state index is -4.52. The molecule has 1 atom stereocenters. The number of alkyl halides is 3. The number of hydrogen-bond donors (Lipinski definition) is 1. The van der Waals surface area contributed by atoms with Crippen molar-refractivity contribution < 1.29 is 22.6 Å². The Bertz CT molecular complexity index is 785. The van der Waals surface area contributed by atoms with Gasteiger partial charge in [-0.3, -0.25) is 0 Å². The molecular formula is C17H19ClF3N3O2. The lowest BCUT2D eigenvalue weighted by Crippen LogP contribution is -2.29. The molecule has 0 amide bonds. The first-order valence-electron chi connectivity index (χ1n) is 7.84. The zero-order chi connectivity index (χ0) is 19.5. The highest BCUT2D eigenvalue weighted by molar-refractivity contribution is 6.34. The van der Waals surface area contributed by atoms with E-state index in [1.807, 2.05) is 0 Å². The molecule has 2 aromatic rings. The predicted molar refractivity (Wildman–Crippen MR) is 92.8 cm³/mol. The molecule has 0 saturated heterocycles. The second-order valence-electron chi connectivity index (χ2n) is 5.49. The van der Waals surface area contributed by atoms with Gasteiger partial charge in [0.2, 0.25) is 5.88 Å². The Labute approximate surface area is 154 Å². The van der Waals surface area contributed by atoms with E-state index in [0.717, 1.165) is 0 Å². The van der Waals surface area contributed by atoms with Crippen molar-refractivity contribution in [1.29, 1.82) is 0 Å². The molecule has 0 radical (unpaired) electrons. The smallest absolute Gasteiger partial charge is 0.398 e. The molecule has 2 heterocycles. The number of methoxy groups -OCH3 is 1. The highest BCUT2D eigenvalue weighted by atomic mass is 35.5. The van der Waals surface area contributed by atoms with Crippen LogP contribution in [0.2, 0.25) is 5.02 Å². The van der Waals surface area contributed by atoms with Crippen LogP contribution in [0, 0.1) is 6.92 Å². The summed E-state index contributed by atoms with van der Waals surface area (Å²) in [4.78, 5) is 8.17. The monoisotopic (exact) mass is 389 g/mol. The average molecular weight is 390 g/mol. The zero-order valence-corrected chi connectivity index (χ0v) is 15.3. The van der Waals surface area contributed by atoms with Crippen molar-refractivity contribution in [3.05, 3.63) is 34.6 Å². The molecular weight excluding hydrogens is 371 g/mol. The number of nitrogens with two attached hydrogens (primary N) is 1. The van der Waals surface area contributed by atoms with Gasteiger partial charge in [-0.1, -0.05) is 11.6 Å². The van der Waals surface area contributed by atoms with Gasteiger partial charge in [0.05, 0.1) is 19.4 Å². The molecule has 0 aliphatic heterocycles. The van der Waals surface area contributed by atoms with E-state index in [4.69, 9.17) is 26.8 Å². The van der Waals surface area contributed by atoms with Crippen molar-refractivity contribution in [1.82, 2.24) is 9.97 Å². The molecule has 0 aliphatic carbocycles. The van der Waals surface area contributed by atoms with Crippen LogP contribution in [0.25, 0.3) is 11.3 Å². The van der Waals surface area contributed by atoms with E-state index in [9.17, 15) is 13.2 Å². The first kappa shape index (κ1) is 20.3. The van der Waals surface area contributed by atoms with Crippen molar-refractivity contribution >= 4 is 11.6 Å². The van der Waals surface area contributed by atoms with Crippen LogP contribution in [-0.4, -0.2) is 36.4 Å². The molecule has 9 heteroatoms. The van der Waals surface area contributed by atoms with E-state index in [-0.39, 0.29) is 22.3 Å². The van der Waals surface area contributed by atoms with Crippen LogP contribution in [0.3, 0.4) is 0 Å². The highest BCUT2D eigenvalue weighted by Gasteiger charge is 2.41. The number of aromatic nitrogens is 2. The molecule has 2 rings (SSSR count). The van der Waals surface area contributed by atoms with Crippen LogP contribution in [0.4, 0.5) is 13.2 Å². The second kappa shape index (κ2) is 8.09. The molecule has 0 fully saturated rings. The second-order valence-corrected chi connectivity index (χ2v) is 5.86. The Balaban J connectivity index is 2.74. The fourth-order valence-corrected chi connectivity index (χ4v) is 2.82. The SMILES string of the molecule is CCOc1c(C)cc(C(CN)C(F)(F)F)nc1-c1ccnc(OC)c1Cl. The average Bonchev–Trinajstić information content (AvgIpc) is 2.57. The maximum atomic E-state index is 13.3. The summed E-state index contributed by atoms with van der Waals surface area (Å²) in [6.45, 7) is 3.12. The Morgan fingerprint density at radius 2 is 2.04 bits per heavy atom. The van der Waals surface area contributed by atoms with Gasteiger partial charge in [0.15, 0.2) is 0 Å². The quantitative estimate of drug-likeness (QED) is 0.804. The summed E-state index contributed by atoms with van der Waals surface area (Å²) in [6, 6.07) is 2.88. The van der Waals surface area contributed by atoms with Gasteiger partial charge in [-0.05, 0) is 31.5 Å². The minimum Gasteiger partial charge on any atom is -0.491 e. The van der Waals surface area contributed by atoms with Crippen LogP contribution < -0.4 is 15.2 Å². The van der Waals surface area contributed by atoms with Crippen LogP contribution in [0.5, 0.6) is 11.6 Å². The van der Waals surface area contributed by atoms with Gasteiger partial charge in [-0.2, -0.15) is 13.2 Å². The zero-order valence-electron chi connectivity index (χ0n) is 14.5. The number of hydrogen-bond acceptors (Lipinski definition) is 5. The van der Waals surface area contributed by atoms with E-state index >= 15 is 0 Å². The van der Waals surface area contributed by atoms with Gasteiger partial charge in [-0.15, -0.1) is 0 Å². The summed E-state index contributed by atoms with van der Waals surface area (Å²) >= 11 is 6.29. The lowest BCUT2D eigenvalue weighted by atomic mass is 10.00. The molecule has 0 saturated carbocycles. The number of nitrogens with zero attached hydrogens (tertiary/aromatic N) is 2. The molecule has 5 nitrogen and oxygen atoms in total. The third-order valence-corrected chi connectivity index (χ3v) is 4.13. The molecule has 0 aliphatic rings. The number of pyridine rings is 2. The molecule has 142 valence electrons. The summed E-state index contributed by atoms with van der Waals surface area (Å²) < 4.78 is 50.6. The number of aryl methyl sites for hydroxylation is 1. The minimum absolute atomic E-state index is 0.135. The molecule has 2 aromatic heterocycles. The third-order valence-electron chi connectivity index (χ3n) is 3.76. The van der Waals surface area contributed by atoms with E-state index in [1.165, 1.54) is 19.4 Å². The van der Waals surface area contributed by atoms with Crippen molar-refractivity contribution in [2.24, 2.45) is 5.73 Å². The van der Waals surface area contributed by atoms with Crippen molar-refractivity contribution in [2.45, 2.75) is 25.9 Å². The van der Waals surface area contributed by atoms with E-state index in [0.29, 0.717) is 23.5 Å². The molecule has 26 heavy (non-hydrogen) atoms. The van der Waals surface area contributed by atoms with Crippen LogP contribution in [0.15, 0.2) is 18.3 Å². The van der Waals surface area contributed by atoms with Crippen LogP contribution in [-0.2, 0) is 0 Å². The maximum Gasteiger partial charge on any atom is 0.398 e. The number of halogens is 4. The Morgan fingerprint density at radius 1 is 1.35 bits per heavy atom. The summed E-state index contributed by atoms with van der Waals surface area (Å²) in [6.07, 6.45) is -3.08. The maximum absolute atomic E-state index is 13.3. The van der Waals surface area contributed by atoms with Gasteiger partial charge < -0.3 is 15.2 Å². The topological polar surface area (TPSA) is 70.3 Å². The van der Waals surface area contributed by atoms with Crippen LogP contribution in [0.1, 0.15) is 24.1 Å². The van der Waals surface area contributed by atoms with Gasteiger partial charge in [0, 0.05) is 18.3 Å². The largest absolute Gasteiger partial charge is 0.491 e. The fraction of sp³-hybridized carbons (Fsp3) is 0.412. The summed E-state index contributed by atoms with van der Waals surface area (Å²) in [5, 5.41) is 0.135. The standard InChI is InChI=1S/C17H19ClF3N3O2/c1-4-26-15-9(2)7-12(11(8-22)17(19,20)21)24-14(15)10-5-6-23-16(25-3)13(10)18/h5-7,11H,4,8,22H2,1-3H3. The number of ether oxygens (including phenoxy) is 2.